The van der Waals surface area contributed by atoms with Gasteiger partial charge in [0.2, 0.25) is 5.78 Å². The lowest BCUT2D eigenvalue weighted by molar-refractivity contribution is 0.0731. The number of hydrogen-bond acceptors (Lipinski definition) is 4. The van der Waals surface area contributed by atoms with Gasteiger partial charge in [-0.1, -0.05) is 30.3 Å². The molecule has 3 aliphatic rings. The number of benzene rings is 1. The van der Waals surface area contributed by atoms with E-state index in [0.29, 0.717) is 23.4 Å². The van der Waals surface area contributed by atoms with Gasteiger partial charge in [0.1, 0.15) is 5.69 Å². The lowest BCUT2D eigenvalue weighted by Crippen LogP contribution is -2.43. The van der Waals surface area contributed by atoms with Gasteiger partial charge in [-0.3, -0.25) is 14.1 Å². The first-order chi connectivity index (χ1) is 13.3. The third-order valence-electron chi connectivity index (χ3n) is 5.80. The highest BCUT2D eigenvalue weighted by molar-refractivity contribution is 5.92. The zero-order valence-corrected chi connectivity index (χ0v) is 15.2. The van der Waals surface area contributed by atoms with Crippen LogP contribution in [-0.4, -0.2) is 55.8 Å². The number of imidazole rings is 1. The van der Waals surface area contributed by atoms with Crippen molar-refractivity contribution in [3.05, 3.63) is 66.2 Å². The molecule has 138 valence electrons. The van der Waals surface area contributed by atoms with Gasteiger partial charge in [-0.25, -0.2) is 9.97 Å². The first-order valence-corrected chi connectivity index (χ1v) is 9.63. The van der Waals surface area contributed by atoms with Crippen LogP contribution in [0.5, 0.6) is 0 Å². The molecule has 0 unspecified atom stereocenters. The summed E-state index contributed by atoms with van der Waals surface area (Å²) >= 11 is 0. The number of aromatic nitrogens is 3. The van der Waals surface area contributed by atoms with Crippen LogP contribution in [-0.2, 0) is 6.54 Å². The van der Waals surface area contributed by atoms with Gasteiger partial charge in [-0.2, -0.15) is 0 Å². The van der Waals surface area contributed by atoms with Crippen molar-refractivity contribution in [3.8, 4) is 0 Å². The molecule has 1 aromatic carbocycles. The number of nitrogens with zero attached hydrogens (tertiary/aromatic N) is 5. The molecule has 6 rings (SSSR count). The highest BCUT2D eigenvalue weighted by Crippen LogP contribution is 2.29. The number of amides is 1. The molecule has 3 saturated heterocycles. The summed E-state index contributed by atoms with van der Waals surface area (Å²) in [5, 5.41) is 0. The molecule has 0 saturated carbocycles. The van der Waals surface area contributed by atoms with Gasteiger partial charge in [0.05, 0.1) is 0 Å². The molecule has 0 spiro atoms. The minimum atomic E-state index is 0.0268. The number of carbonyl (C=O) groups excluding carboxylic acids is 1. The van der Waals surface area contributed by atoms with Crippen LogP contribution in [0, 0.1) is 5.92 Å². The maximum atomic E-state index is 13.1. The summed E-state index contributed by atoms with van der Waals surface area (Å²) < 4.78 is 1.81. The van der Waals surface area contributed by atoms with Crippen LogP contribution in [0.4, 0.5) is 0 Å². The van der Waals surface area contributed by atoms with E-state index in [0.717, 1.165) is 32.6 Å². The zero-order valence-electron chi connectivity index (χ0n) is 15.2. The number of rotatable bonds is 3. The van der Waals surface area contributed by atoms with E-state index in [9.17, 15) is 4.79 Å². The van der Waals surface area contributed by atoms with Crippen molar-refractivity contribution in [2.24, 2.45) is 5.92 Å². The van der Waals surface area contributed by atoms with Crippen molar-refractivity contribution in [2.45, 2.75) is 25.4 Å². The Balaban J connectivity index is 1.35. The molecule has 0 N–H and O–H groups in total. The van der Waals surface area contributed by atoms with Crippen molar-refractivity contribution in [3.63, 3.8) is 0 Å². The maximum absolute atomic E-state index is 13.1. The van der Waals surface area contributed by atoms with Crippen LogP contribution in [0.25, 0.3) is 5.78 Å². The van der Waals surface area contributed by atoms with Gasteiger partial charge in [0.15, 0.2) is 0 Å². The predicted molar refractivity (Wildman–Crippen MR) is 102 cm³/mol. The van der Waals surface area contributed by atoms with Gasteiger partial charge < -0.3 is 4.90 Å². The number of piperidine rings is 1. The van der Waals surface area contributed by atoms with Crippen LogP contribution >= 0.6 is 0 Å². The lowest BCUT2D eigenvalue weighted by Gasteiger charge is -2.36. The summed E-state index contributed by atoms with van der Waals surface area (Å²) in [5.41, 5.74) is 1.83. The first-order valence-electron chi connectivity index (χ1n) is 9.63. The molecular formula is C21H23N5O. The summed E-state index contributed by atoms with van der Waals surface area (Å²) in [6.07, 6.45) is 7.73. The Morgan fingerprint density at radius 1 is 1.07 bits per heavy atom. The Hall–Kier alpha value is -2.73. The highest BCUT2D eigenvalue weighted by Gasteiger charge is 2.37. The molecular weight excluding hydrogens is 338 g/mol. The molecule has 3 aromatic rings. The van der Waals surface area contributed by atoms with Crippen LogP contribution in [0.1, 0.15) is 28.9 Å². The lowest BCUT2D eigenvalue weighted by atomic mass is 9.94. The van der Waals surface area contributed by atoms with E-state index in [-0.39, 0.29) is 5.91 Å². The molecule has 6 heteroatoms. The van der Waals surface area contributed by atoms with E-state index in [1.165, 1.54) is 12.0 Å². The van der Waals surface area contributed by atoms with E-state index in [4.69, 9.17) is 0 Å². The minimum absolute atomic E-state index is 0.0268. The normalized spacial score (nSPS) is 22.9. The third-order valence-corrected chi connectivity index (χ3v) is 5.80. The molecule has 6 nitrogen and oxygen atoms in total. The van der Waals surface area contributed by atoms with E-state index in [1.807, 2.05) is 17.2 Å². The zero-order chi connectivity index (χ0) is 18.2. The van der Waals surface area contributed by atoms with Crippen molar-refractivity contribution in [1.82, 2.24) is 24.2 Å². The Morgan fingerprint density at radius 3 is 2.81 bits per heavy atom. The number of fused-ring (bicyclic) bond motifs is 5. The number of hydrogen-bond donors (Lipinski definition) is 0. The van der Waals surface area contributed by atoms with Crippen LogP contribution < -0.4 is 0 Å². The van der Waals surface area contributed by atoms with Crippen molar-refractivity contribution < 1.29 is 4.79 Å². The van der Waals surface area contributed by atoms with Crippen LogP contribution in [0.3, 0.4) is 0 Å². The average molecular weight is 361 g/mol. The predicted octanol–water partition coefficient (Wildman–Crippen LogP) is 2.47. The quantitative estimate of drug-likeness (QED) is 0.719. The fourth-order valence-electron chi connectivity index (χ4n) is 4.45. The van der Waals surface area contributed by atoms with Crippen molar-refractivity contribution in [2.75, 3.05) is 19.6 Å². The summed E-state index contributed by atoms with van der Waals surface area (Å²) in [5.74, 6) is 1.13. The van der Waals surface area contributed by atoms with Gasteiger partial charge in [0.25, 0.3) is 5.91 Å². The summed E-state index contributed by atoms with van der Waals surface area (Å²) in [6, 6.07) is 12.9. The molecule has 2 aromatic heterocycles. The maximum Gasteiger partial charge on any atom is 0.274 e. The summed E-state index contributed by atoms with van der Waals surface area (Å²) in [6.45, 7) is 3.63. The van der Waals surface area contributed by atoms with Crippen LogP contribution in [0.15, 0.2) is 55.0 Å². The fourth-order valence-corrected chi connectivity index (χ4v) is 4.45. The molecule has 0 aliphatic carbocycles. The van der Waals surface area contributed by atoms with E-state index < -0.39 is 0 Å². The van der Waals surface area contributed by atoms with Crippen LogP contribution in [0.2, 0.25) is 0 Å². The second-order valence-corrected chi connectivity index (χ2v) is 7.68. The Bertz CT molecular complexity index is 920. The standard InChI is InChI=1S/C21H23N5O/c27-20(19-15-24-10-4-9-22-21(24)23-19)26-13-17-7-8-18(14-26)25(12-17)11-16-5-2-1-3-6-16/h1-6,9-10,15,17-18H,7-8,11-14H2/t17-,18-/m1/s1. The number of carbonyl (C=O) groups is 1. The van der Waals surface area contributed by atoms with E-state index >= 15 is 0 Å². The second kappa shape index (κ2) is 6.78. The molecule has 5 heterocycles. The topological polar surface area (TPSA) is 53.7 Å². The molecule has 27 heavy (non-hydrogen) atoms. The largest absolute Gasteiger partial charge is 0.335 e. The van der Waals surface area contributed by atoms with Crippen molar-refractivity contribution in [1.29, 1.82) is 0 Å². The van der Waals surface area contributed by atoms with Gasteiger partial charge in [-0.05, 0) is 30.4 Å². The Labute approximate surface area is 158 Å². The van der Waals surface area contributed by atoms with E-state index in [2.05, 4.69) is 45.2 Å². The second-order valence-electron chi connectivity index (χ2n) is 7.68. The molecule has 3 fully saturated rings. The van der Waals surface area contributed by atoms with Gasteiger partial charge >= 0.3 is 0 Å². The molecule has 0 radical (unpaired) electrons. The Morgan fingerprint density at radius 2 is 1.96 bits per heavy atom. The Kier molecular flexibility index (Phi) is 4.13. The molecule has 1 amide bonds. The third kappa shape index (κ3) is 3.21. The molecule has 2 bridgehead atoms. The monoisotopic (exact) mass is 361 g/mol. The SMILES string of the molecule is O=C(c1cn2cccnc2n1)N1C[C@@H]2CC[C@H](C1)N(Cc1ccccc1)C2. The highest BCUT2D eigenvalue weighted by atomic mass is 16.2. The van der Waals surface area contributed by atoms with E-state index in [1.54, 1.807) is 16.8 Å². The minimum Gasteiger partial charge on any atom is -0.335 e. The summed E-state index contributed by atoms with van der Waals surface area (Å²) in [7, 11) is 0. The smallest absolute Gasteiger partial charge is 0.274 e. The summed E-state index contributed by atoms with van der Waals surface area (Å²) in [4.78, 5) is 26.3. The molecule has 3 aliphatic heterocycles. The average Bonchev–Trinajstić information content (AvgIpc) is 2.93. The fraction of sp³-hybridized carbons (Fsp3) is 0.381. The van der Waals surface area contributed by atoms with Gasteiger partial charge in [0, 0.05) is 50.8 Å². The first kappa shape index (κ1) is 16.4. The molecule has 2 atom stereocenters. The van der Waals surface area contributed by atoms with Gasteiger partial charge in [-0.15, -0.1) is 0 Å². The van der Waals surface area contributed by atoms with Crippen molar-refractivity contribution >= 4 is 11.7 Å².